The third kappa shape index (κ3) is 3.13. The van der Waals surface area contributed by atoms with Crippen LogP contribution in [-0.2, 0) is 4.74 Å². The zero-order valence-electron chi connectivity index (χ0n) is 12.9. The molecule has 2 aliphatic rings. The molecule has 0 atom stereocenters. The Labute approximate surface area is 133 Å². The highest BCUT2D eigenvalue weighted by molar-refractivity contribution is 5.97. The van der Waals surface area contributed by atoms with Gasteiger partial charge in [-0.15, -0.1) is 0 Å². The number of benzene rings is 1. The molecule has 0 radical (unpaired) electrons. The maximum Gasteiger partial charge on any atom is 0.273 e. The number of piperazine rings is 1. The van der Waals surface area contributed by atoms with E-state index in [1.807, 2.05) is 0 Å². The van der Waals surface area contributed by atoms with Crippen molar-refractivity contribution in [1.29, 1.82) is 0 Å². The van der Waals surface area contributed by atoms with E-state index in [1.165, 1.54) is 25.3 Å². The number of nitro benzene ring substituents is 1. The standard InChI is InChI=1S/C15H19N3O5/c1-22-14-8-11(18(20)21)2-3-13(14)15(19)17-6-4-16(5-7-17)12-9-23-10-12/h2-3,8,12H,4-7,9-10H2,1H3. The lowest BCUT2D eigenvalue weighted by atomic mass is 10.1. The van der Waals surface area contributed by atoms with Crippen molar-refractivity contribution in [3.63, 3.8) is 0 Å². The molecule has 2 saturated heterocycles. The molecule has 0 aliphatic carbocycles. The lowest BCUT2D eigenvalue weighted by molar-refractivity contribution is -0.384. The molecule has 8 nitrogen and oxygen atoms in total. The van der Waals surface area contributed by atoms with Gasteiger partial charge in [0, 0.05) is 32.2 Å². The first-order valence-corrected chi connectivity index (χ1v) is 7.53. The van der Waals surface area contributed by atoms with E-state index in [-0.39, 0.29) is 17.3 Å². The lowest BCUT2D eigenvalue weighted by Crippen LogP contribution is -2.57. The Morgan fingerprint density at radius 3 is 2.52 bits per heavy atom. The summed E-state index contributed by atoms with van der Waals surface area (Å²) in [6.07, 6.45) is 0. The van der Waals surface area contributed by atoms with Crippen molar-refractivity contribution in [3.05, 3.63) is 33.9 Å². The van der Waals surface area contributed by atoms with Crippen LogP contribution in [0, 0.1) is 10.1 Å². The van der Waals surface area contributed by atoms with E-state index in [4.69, 9.17) is 9.47 Å². The third-order valence-corrected chi connectivity index (χ3v) is 4.36. The molecule has 8 heteroatoms. The zero-order valence-corrected chi connectivity index (χ0v) is 12.9. The number of methoxy groups -OCH3 is 1. The van der Waals surface area contributed by atoms with E-state index in [2.05, 4.69) is 4.90 Å². The number of rotatable bonds is 4. The first kappa shape index (κ1) is 15.7. The van der Waals surface area contributed by atoms with E-state index >= 15 is 0 Å². The van der Waals surface area contributed by atoms with E-state index < -0.39 is 4.92 Å². The zero-order chi connectivity index (χ0) is 16.4. The van der Waals surface area contributed by atoms with Crippen LogP contribution in [0.15, 0.2) is 18.2 Å². The van der Waals surface area contributed by atoms with Crippen LogP contribution < -0.4 is 4.74 Å². The molecule has 1 aromatic rings. The van der Waals surface area contributed by atoms with Crippen molar-refractivity contribution in [1.82, 2.24) is 9.80 Å². The molecule has 0 N–H and O–H groups in total. The first-order valence-electron chi connectivity index (χ1n) is 7.53. The summed E-state index contributed by atoms with van der Waals surface area (Å²) in [6, 6.07) is 4.55. The van der Waals surface area contributed by atoms with Gasteiger partial charge in [0.2, 0.25) is 0 Å². The van der Waals surface area contributed by atoms with Crippen LogP contribution in [0.2, 0.25) is 0 Å². The van der Waals surface area contributed by atoms with Crippen LogP contribution in [0.3, 0.4) is 0 Å². The van der Waals surface area contributed by atoms with Crippen molar-refractivity contribution >= 4 is 11.6 Å². The summed E-state index contributed by atoms with van der Waals surface area (Å²) < 4.78 is 10.4. The minimum absolute atomic E-state index is 0.0896. The fourth-order valence-electron chi connectivity index (χ4n) is 2.86. The second-order valence-corrected chi connectivity index (χ2v) is 5.66. The maximum absolute atomic E-state index is 12.7. The number of nitrogens with zero attached hydrogens (tertiary/aromatic N) is 3. The Morgan fingerprint density at radius 2 is 2.00 bits per heavy atom. The average Bonchev–Trinajstić information content (AvgIpc) is 2.52. The number of carbonyl (C=O) groups is 1. The number of nitro groups is 1. The van der Waals surface area contributed by atoms with Crippen molar-refractivity contribution < 1.29 is 19.2 Å². The number of hydrogen-bond donors (Lipinski definition) is 0. The second-order valence-electron chi connectivity index (χ2n) is 5.66. The molecule has 1 amide bonds. The average molecular weight is 321 g/mol. The first-order chi connectivity index (χ1) is 11.1. The van der Waals surface area contributed by atoms with Gasteiger partial charge in [0.15, 0.2) is 0 Å². The Balaban J connectivity index is 1.69. The molecule has 0 bridgehead atoms. The highest BCUT2D eigenvalue weighted by atomic mass is 16.6. The Morgan fingerprint density at radius 1 is 1.30 bits per heavy atom. The fraction of sp³-hybridized carbons (Fsp3) is 0.533. The summed E-state index contributed by atoms with van der Waals surface area (Å²) in [5, 5.41) is 10.8. The SMILES string of the molecule is COc1cc([N+](=O)[O-])ccc1C(=O)N1CCN(C2COC2)CC1. The minimum Gasteiger partial charge on any atom is -0.496 e. The van der Waals surface area contributed by atoms with Gasteiger partial charge >= 0.3 is 0 Å². The van der Waals surface area contributed by atoms with Gasteiger partial charge in [0.25, 0.3) is 11.6 Å². The van der Waals surface area contributed by atoms with Gasteiger partial charge in [0.05, 0.1) is 42.9 Å². The van der Waals surface area contributed by atoms with E-state index in [0.717, 1.165) is 26.3 Å². The summed E-state index contributed by atoms with van der Waals surface area (Å²) in [5.74, 6) is 0.0836. The Bertz CT molecular complexity index is 609. The van der Waals surface area contributed by atoms with Crippen LogP contribution in [0.4, 0.5) is 5.69 Å². The van der Waals surface area contributed by atoms with Crippen molar-refractivity contribution in [3.8, 4) is 5.75 Å². The molecule has 2 heterocycles. The normalized spacial score (nSPS) is 19.3. The topological polar surface area (TPSA) is 85.1 Å². The highest BCUT2D eigenvalue weighted by Gasteiger charge is 2.31. The number of hydrogen-bond acceptors (Lipinski definition) is 6. The fourth-order valence-corrected chi connectivity index (χ4v) is 2.86. The minimum atomic E-state index is -0.504. The molecule has 0 saturated carbocycles. The molecule has 0 unspecified atom stereocenters. The summed E-state index contributed by atoms with van der Waals surface area (Å²) in [6.45, 7) is 4.43. The summed E-state index contributed by atoms with van der Waals surface area (Å²) in [7, 11) is 1.41. The van der Waals surface area contributed by atoms with Crippen molar-refractivity contribution in [2.45, 2.75) is 6.04 Å². The Kier molecular flexibility index (Phi) is 4.44. The second kappa shape index (κ2) is 6.51. The number of carbonyl (C=O) groups excluding carboxylic acids is 1. The van der Waals surface area contributed by atoms with Gasteiger partial charge in [-0.05, 0) is 6.07 Å². The van der Waals surface area contributed by atoms with Crippen molar-refractivity contribution in [2.75, 3.05) is 46.5 Å². The number of ether oxygens (including phenoxy) is 2. The third-order valence-electron chi connectivity index (χ3n) is 4.36. The summed E-state index contributed by atoms with van der Waals surface area (Å²) >= 11 is 0. The van der Waals surface area contributed by atoms with Gasteiger partial charge in [0.1, 0.15) is 5.75 Å². The smallest absolute Gasteiger partial charge is 0.273 e. The van der Waals surface area contributed by atoms with E-state index in [9.17, 15) is 14.9 Å². The van der Waals surface area contributed by atoms with Gasteiger partial charge in [-0.1, -0.05) is 0 Å². The van der Waals surface area contributed by atoms with E-state index in [1.54, 1.807) is 4.90 Å². The molecule has 124 valence electrons. The van der Waals surface area contributed by atoms with Gasteiger partial charge in [-0.25, -0.2) is 0 Å². The van der Waals surface area contributed by atoms with Gasteiger partial charge in [-0.2, -0.15) is 0 Å². The molecule has 23 heavy (non-hydrogen) atoms. The Hall–Kier alpha value is -2.19. The predicted molar refractivity (Wildman–Crippen MR) is 81.7 cm³/mol. The van der Waals surface area contributed by atoms with Crippen molar-refractivity contribution in [2.24, 2.45) is 0 Å². The molecule has 0 aromatic heterocycles. The van der Waals surface area contributed by atoms with Crippen LogP contribution in [-0.4, -0.2) is 73.2 Å². The molecule has 3 rings (SSSR count). The monoisotopic (exact) mass is 321 g/mol. The number of non-ortho nitro benzene ring substituents is 1. The molecule has 2 aliphatic heterocycles. The van der Waals surface area contributed by atoms with Crippen LogP contribution in [0.1, 0.15) is 10.4 Å². The molecule has 2 fully saturated rings. The molecule has 0 spiro atoms. The molecular weight excluding hydrogens is 302 g/mol. The van der Waals surface area contributed by atoms with Gasteiger partial charge < -0.3 is 14.4 Å². The highest BCUT2D eigenvalue weighted by Crippen LogP contribution is 2.26. The van der Waals surface area contributed by atoms with Crippen LogP contribution in [0.5, 0.6) is 5.75 Å². The number of amides is 1. The van der Waals surface area contributed by atoms with E-state index in [0.29, 0.717) is 24.7 Å². The quantitative estimate of drug-likeness (QED) is 0.601. The summed E-state index contributed by atoms with van der Waals surface area (Å²) in [4.78, 5) is 27.1. The van der Waals surface area contributed by atoms with Gasteiger partial charge in [-0.3, -0.25) is 19.8 Å². The predicted octanol–water partition coefficient (Wildman–Crippen LogP) is 0.760. The van der Waals surface area contributed by atoms with Crippen LogP contribution >= 0.6 is 0 Å². The summed E-state index contributed by atoms with van der Waals surface area (Å²) in [5.41, 5.74) is 0.270. The molecule has 1 aromatic carbocycles. The largest absolute Gasteiger partial charge is 0.496 e. The maximum atomic E-state index is 12.7. The van der Waals surface area contributed by atoms with Crippen LogP contribution in [0.25, 0.3) is 0 Å². The lowest BCUT2D eigenvalue weighted by Gasteiger charge is -2.42. The molecular formula is C15H19N3O5.